The summed E-state index contributed by atoms with van der Waals surface area (Å²) in [5.74, 6) is -0.611. The van der Waals surface area contributed by atoms with Gasteiger partial charge < -0.3 is 30.1 Å². The van der Waals surface area contributed by atoms with Crippen LogP contribution in [0.15, 0.2) is 48.5 Å². The zero-order valence-electron chi connectivity index (χ0n) is 21.4. The van der Waals surface area contributed by atoms with E-state index in [1.165, 1.54) is 4.90 Å². The van der Waals surface area contributed by atoms with E-state index in [0.717, 1.165) is 12.1 Å². The Kier molecular flexibility index (Phi) is 7.95. The zero-order valence-corrected chi connectivity index (χ0v) is 21.4. The van der Waals surface area contributed by atoms with Crippen molar-refractivity contribution in [2.24, 2.45) is 0 Å². The number of amides is 4. The van der Waals surface area contributed by atoms with Crippen molar-refractivity contribution in [2.45, 2.75) is 24.9 Å². The molecule has 0 spiro atoms. The van der Waals surface area contributed by atoms with Crippen LogP contribution in [0.3, 0.4) is 0 Å². The highest BCUT2D eigenvalue weighted by Gasteiger charge is 2.39. The molecule has 37 heavy (non-hydrogen) atoms. The van der Waals surface area contributed by atoms with Crippen LogP contribution in [0.5, 0.6) is 5.75 Å². The molecule has 2 aliphatic heterocycles. The predicted molar refractivity (Wildman–Crippen MR) is 139 cm³/mol. The van der Waals surface area contributed by atoms with Gasteiger partial charge in [0.05, 0.1) is 13.7 Å². The van der Waals surface area contributed by atoms with Crippen LogP contribution in [-0.2, 0) is 9.59 Å². The van der Waals surface area contributed by atoms with E-state index in [-0.39, 0.29) is 37.4 Å². The van der Waals surface area contributed by atoms with Crippen molar-refractivity contribution >= 4 is 29.3 Å². The van der Waals surface area contributed by atoms with Crippen molar-refractivity contribution in [3.63, 3.8) is 0 Å². The maximum Gasteiger partial charge on any atom is 0.254 e. The minimum Gasteiger partial charge on any atom is -0.497 e. The molecular weight excluding hydrogens is 474 g/mol. The average molecular weight is 508 g/mol. The Balaban J connectivity index is 1.55. The largest absolute Gasteiger partial charge is 0.497 e. The summed E-state index contributed by atoms with van der Waals surface area (Å²) in [6, 6.07) is 12.3. The van der Waals surface area contributed by atoms with Crippen LogP contribution >= 0.6 is 0 Å². The highest BCUT2D eigenvalue weighted by atomic mass is 16.5. The molecule has 0 bridgehead atoms. The van der Waals surface area contributed by atoms with Crippen molar-refractivity contribution in [2.75, 3.05) is 52.3 Å². The monoisotopic (exact) mass is 507 g/mol. The van der Waals surface area contributed by atoms with Gasteiger partial charge in [-0.2, -0.15) is 0 Å². The van der Waals surface area contributed by atoms with Crippen LogP contribution in [0.1, 0.15) is 33.6 Å². The first-order valence-electron chi connectivity index (χ1n) is 12.4. The molecule has 2 aromatic carbocycles. The molecule has 0 unspecified atom stereocenters. The second-order valence-electron chi connectivity index (χ2n) is 9.43. The quantitative estimate of drug-likeness (QED) is 0.606. The molecule has 4 amide bonds. The van der Waals surface area contributed by atoms with E-state index in [4.69, 9.17) is 4.74 Å². The molecular formula is C27H33N5O5. The highest BCUT2D eigenvalue weighted by Crippen LogP contribution is 2.20. The summed E-state index contributed by atoms with van der Waals surface area (Å²) < 4.78 is 5.18. The average Bonchev–Trinajstić information content (AvgIpc) is 2.93. The topological polar surface area (TPSA) is 111 Å². The molecule has 2 aliphatic rings. The maximum absolute atomic E-state index is 13.4. The van der Waals surface area contributed by atoms with E-state index in [0.29, 0.717) is 29.8 Å². The van der Waals surface area contributed by atoms with Crippen molar-refractivity contribution in [3.8, 4) is 5.75 Å². The number of anilines is 1. The van der Waals surface area contributed by atoms with Gasteiger partial charge in [0.2, 0.25) is 11.8 Å². The molecule has 2 saturated heterocycles. The third-order valence-corrected chi connectivity index (χ3v) is 6.80. The number of benzene rings is 2. The lowest BCUT2D eigenvalue weighted by Crippen LogP contribution is -2.63. The molecule has 10 nitrogen and oxygen atoms in total. The second-order valence-corrected chi connectivity index (χ2v) is 9.43. The molecule has 2 aromatic rings. The number of hydrogen-bond acceptors (Lipinski definition) is 6. The summed E-state index contributed by atoms with van der Waals surface area (Å²) in [7, 11) is 5.39. The Hall–Kier alpha value is -4.08. The number of rotatable bonds is 6. The van der Waals surface area contributed by atoms with Crippen LogP contribution in [0.4, 0.5) is 5.69 Å². The first-order chi connectivity index (χ1) is 17.8. The highest BCUT2D eigenvalue weighted by molar-refractivity contribution is 6.00. The molecule has 10 heteroatoms. The van der Waals surface area contributed by atoms with Crippen molar-refractivity contribution in [1.82, 2.24) is 20.4 Å². The van der Waals surface area contributed by atoms with E-state index in [9.17, 15) is 19.2 Å². The van der Waals surface area contributed by atoms with Crippen molar-refractivity contribution in [1.29, 1.82) is 0 Å². The fourth-order valence-corrected chi connectivity index (χ4v) is 4.60. The SMILES string of the molecule is COc1ccc(C(=O)N2CCN(C(=O)c3ccc(N(C)C)cc3)C[C@@H]2C(=O)N[C@@H]2CCCNC2=O)cc1. The Morgan fingerprint density at radius 3 is 2.24 bits per heavy atom. The fourth-order valence-electron chi connectivity index (χ4n) is 4.60. The number of nitrogens with one attached hydrogen (secondary N) is 2. The first-order valence-corrected chi connectivity index (χ1v) is 12.4. The smallest absolute Gasteiger partial charge is 0.254 e. The van der Waals surface area contributed by atoms with Gasteiger partial charge in [0.15, 0.2) is 0 Å². The van der Waals surface area contributed by atoms with Gasteiger partial charge >= 0.3 is 0 Å². The number of methoxy groups -OCH3 is 1. The summed E-state index contributed by atoms with van der Waals surface area (Å²) >= 11 is 0. The van der Waals surface area contributed by atoms with Gasteiger partial charge in [-0.05, 0) is 61.4 Å². The van der Waals surface area contributed by atoms with Gasteiger partial charge in [-0.15, -0.1) is 0 Å². The molecule has 0 aromatic heterocycles. The standard InChI is InChI=1S/C27H33N5O5/c1-30(2)20-10-6-18(7-11-20)26(35)31-15-16-32(27(36)19-8-12-21(37-3)13-9-19)23(17-31)25(34)29-22-5-4-14-28-24(22)33/h6-13,22-23H,4-5,14-17H2,1-3H3,(H,28,33)(H,29,34)/t22-,23-/m1/s1. The van der Waals surface area contributed by atoms with Crippen molar-refractivity contribution < 1.29 is 23.9 Å². The first kappa shape index (κ1) is 26.0. The number of nitrogens with zero attached hydrogens (tertiary/aromatic N) is 3. The van der Waals surface area contributed by atoms with Gasteiger partial charge in [-0.25, -0.2) is 0 Å². The Morgan fingerprint density at radius 2 is 1.62 bits per heavy atom. The van der Waals surface area contributed by atoms with Gasteiger partial charge in [0.1, 0.15) is 17.8 Å². The molecule has 196 valence electrons. The van der Waals surface area contributed by atoms with Crippen LogP contribution in [-0.4, -0.2) is 92.9 Å². The van der Waals surface area contributed by atoms with E-state index < -0.39 is 18.0 Å². The van der Waals surface area contributed by atoms with Crippen molar-refractivity contribution in [3.05, 3.63) is 59.7 Å². The minimum absolute atomic E-state index is 0.0241. The Labute approximate surface area is 216 Å². The molecule has 0 aliphatic carbocycles. The lowest BCUT2D eigenvalue weighted by molar-refractivity contribution is -0.133. The summed E-state index contributed by atoms with van der Waals surface area (Å²) in [6.45, 7) is 1.06. The number of ether oxygens (including phenoxy) is 1. The number of piperazine rings is 1. The summed E-state index contributed by atoms with van der Waals surface area (Å²) in [5.41, 5.74) is 1.88. The molecule has 2 fully saturated rings. The lowest BCUT2D eigenvalue weighted by Gasteiger charge is -2.41. The maximum atomic E-state index is 13.4. The molecule has 2 N–H and O–H groups in total. The van der Waals surface area contributed by atoms with Gasteiger partial charge in [0, 0.05) is 50.5 Å². The minimum atomic E-state index is -0.942. The zero-order chi connectivity index (χ0) is 26.5. The predicted octanol–water partition coefficient (Wildman–Crippen LogP) is 1.12. The number of carbonyl (C=O) groups excluding carboxylic acids is 4. The van der Waals surface area contributed by atoms with Crippen LogP contribution in [0.2, 0.25) is 0 Å². The van der Waals surface area contributed by atoms with E-state index >= 15 is 0 Å². The van der Waals surface area contributed by atoms with Gasteiger partial charge in [-0.1, -0.05) is 0 Å². The van der Waals surface area contributed by atoms with E-state index in [2.05, 4.69) is 10.6 Å². The third-order valence-electron chi connectivity index (χ3n) is 6.80. The summed E-state index contributed by atoms with van der Waals surface area (Å²) in [6.07, 6.45) is 1.28. The van der Waals surface area contributed by atoms with Crippen LogP contribution in [0, 0.1) is 0 Å². The molecule has 4 rings (SSSR count). The third kappa shape index (κ3) is 5.84. The Bertz CT molecular complexity index is 1150. The summed E-state index contributed by atoms with van der Waals surface area (Å²) in [5, 5.41) is 5.56. The molecule has 2 atom stereocenters. The molecule has 0 radical (unpaired) electrons. The normalized spacial score (nSPS) is 19.6. The molecule has 0 saturated carbocycles. The number of carbonyl (C=O) groups is 4. The van der Waals surface area contributed by atoms with E-state index in [1.807, 2.05) is 31.1 Å². The molecule has 2 heterocycles. The van der Waals surface area contributed by atoms with Crippen LogP contribution < -0.4 is 20.3 Å². The van der Waals surface area contributed by atoms with Gasteiger partial charge in [0.25, 0.3) is 11.8 Å². The number of hydrogen-bond donors (Lipinski definition) is 2. The summed E-state index contributed by atoms with van der Waals surface area (Å²) in [4.78, 5) is 57.5. The fraction of sp³-hybridized carbons (Fsp3) is 0.407. The number of piperidine rings is 1. The Morgan fingerprint density at radius 1 is 0.973 bits per heavy atom. The lowest BCUT2D eigenvalue weighted by atomic mass is 10.0. The van der Waals surface area contributed by atoms with Gasteiger partial charge in [-0.3, -0.25) is 19.2 Å². The van der Waals surface area contributed by atoms with Crippen LogP contribution in [0.25, 0.3) is 0 Å². The second kappa shape index (κ2) is 11.3. The van der Waals surface area contributed by atoms with E-state index in [1.54, 1.807) is 48.4 Å².